The number of pyridine rings is 1. The van der Waals surface area contributed by atoms with Crippen LogP contribution in [0.25, 0.3) is 0 Å². The molecule has 0 amide bonds. The van der Waals surface area contributed by atoms with Gasteiger partial charge in [0.2, 0.25) is 0 Å². The lowest BCUT2D eigenvalue weighted by atomic mass is 10.3. The summed E-state index contributed by atoms with van der Waals surface area (Å²) in [5, 5.41) is 3.10. The Labute approximate surface area is 65.5 Å². The average molecular weight is 154 g/mol. The van der Waals surface area contributed by atoms with Crippen molar-refractivity contribution in [1.82, 2.24) is 10.3 Å². The molecule has 0 aliphatic carbocycles. The first kappa shape index (κ1) is 8.14. The molecule has 1 aromatic heterocycles. The third kappa shape index (κ3) is 2.63. The second kappa shape index (κ2) is 4.03. The molecule has 0 spiro atoms. The maximum Gasteiger partial charge on any atom is 0.141 e. The van der Waals surface area contributed by atoms with E-state index in [2.05, 4.69) is 10.3 Å². The van der Waals surface area contributed by atoms with Crippen LogP contribution in [-0.4, -0.2) is 11.5 Å². The zero-order valence-electron chi connectivity index (χ0n) is 6.47. The van der Waals surface area contributed by atoms with E-state index in [0.29, 0.717) is 6.54 Å². The van der Waals surface area contributed by atoms with Crippen LogP contribution in [0.1, 0.15) is 12.6 Å². The van der Waals surface area contributed by atoms with Gasteiger partial charge < -0.3 is 5.32 Å². The molecule has 0 fully saturated rings. The van der Waals surface area contributed by atoms with Gasteiger partial charge in [-0.3, -0.25) is 4.98 Å². The first-order valence-electron chi connectivity index (χ1n) is 3.64. The van der Waals surface area contributed by atoms with E-state index in [-0.39, 0.29) is 5.82 Å². The molecular weight excluding hydrogens is 143 g/mol. The summed E-state index contributed by atoms with van der Waals surface area (Å²) in [6.45, 7) is 3.62. The molecule has 0 saturated carbocycles. The zero-order valence-corrected chi connectivity index (χ0v) is 6.47. The van der Waals surface area contributed by atoms with Crippen LogP contribution in [-0.2, 0) is 6.54 Å². The van der Waals surface area contributed by atoms with E-state index in [0.717, 1.165) is 12.2 Å². The molecule has 11 heavy (non-hydrogen) atoms. The SMILES string of the molecule is CCNCc1ccc(F)cn1. The highest BCUT2D eigenvalue weighted by Crippen LogP contribution is 1.96. The van der Waals surface area contributed by atoms with Gasteiger partial charge in [-0.05, 0) is 18.7 Å². The summed E-state index contributed by atoms with van der Waals surface area (Å²) in [6.07, 6.45) is 1.23. The van der Waals surface area contributed by atoms with Crippen LogP contribution in [0, 0.1) is 5.82 Å². The summed E-state index contributed by atoms with van der Waals surface area (Å²) in [6, 6.07) is 3.09. The van der Waals surface area contributed by atoms with Crippen molar-refractivity contribution >= 4 is 0 Å². The number of hydrogen-bond donors (Lipinski definition) is 1. The summed E-state index contributed by atoms with van der Waals surface area (Å²) in [4.78, 5) is 3.88. The fourth-order valence-corrected chi connectivity index (χ4v) is 0.764. The van der Waals surface area contributed by atoms with E-state index in [4.69, 9.17) is 0 Å². The van der Waals surface area contributed by atoms with Gasteiger partial charge in [0.05, 0.1) is 11.9 Å². The van der Waals surface area contributed by atoms with E-state index < -0.39 is 0 Å². The third-order valence-corrected chi connectivity index (χ3v) is 1.34. The van der Waals surface area contributed by atoms with Gasteiger partial charge >= 0.3 is 0 Å². The topological polar surface area (TPSA) is 24.9 Å². The standard InChI is InChI=1S/C8H11FN2/c1-2-10-6-8-4-3-7(9)5-11-8/h3-5,10H,2,6H2,1H3. The second-order valence-electron chi connectivity index (χ2n) is 2.25. The van der Waals surface area contributed by atoms with E-state index >= 15 is 0 Å². The highest BCUT2D eigenvalue weighted by molar-refractivity contribution is 5.04. The van der Waals surface area contributed by atoms with E-state index in [1.165, 1.54) is 12.3 Å². The van der Waals surface area contributed by atoms with Gasteiger partial charge in [0.25, 0.3) is 0 Å². The van der Waals surface area contributed by atoms with E-state index in [1.807, 2.05) is 6.92 Å². The fraction of sp³-hybridized carbons (Fsp3) is 0.375. The molecule has 2 nitrogen and oxygen atoms in total. The first-order chi connectivity index (χ1) is 5.33. The molecular formula is C8H11FN2. The summed E-state index contributed by atoms with van der Waals surface area (Å²) in [7, 11) is 0. The van der Waals surface area contributed by atoms with Crippen molar-refractivity contribution in [2.24, 2.45) is 0 Å². The predicted octanol–water partition coefficient (Wildman–Crippen LogP) is 1.33. The highest BCUT2D eigenvalue weighted by atomic mass is 19.1. The predicted molar refractivity (Wildman–Crippen MR) is 41.6 cm³/mol. The number of halogens is 1. The van der Waals surface area contributed by atoms with Gasteiger partial charge in [0.1, 0.15) is 5.82 Å². The molecule has 0 aliphatic rings. The van der Waals surface area contributed by atoms with Crippen LogP contribution < -0.4 is 5.32 Å². The summed E-state index contributed by atoms with van der Waals surface area (Å²) < 4.78 is 12.3. The van der Waals surface area contributed by atoms with Gasteiger partial charge in [-0.2, -0.15) is 0 Å². The molecule has 1 heterocycles. The normalized spacial score (nSPS) is 10.0. The minimum atomic E-state index is -0.287. The molecule has 0 radical (unpaired) electrons. The van der Waals surface area contributed by atoms with Crippen molar-refractivity contribution in [1.29, 1.82) is 0 Å². The summed E-state index contributed by atoms with van der Waals surface area (Å²) >= 11 is 0. The average Bonchev–Trinajstić information content (AvgIpc) is 2.04. The van der Waals surface area contributed by atoms with Crippen molar-refractivity contribution < 1.29 is 4.39 Å². The maximum atomic E-state index is 12.3. The molecule has 3 heteroatoms. The minimum absolute atomic E-state index is 0.287. The molecule has 0 unspecified atom stereocenters. The van der Waals surface area contributed by atoms with Crippen molar-refractivity contribution in [2.45, 2.75) is 13.5 Å². The minimum Gasteiger partial charge on any atom is -0.311 e. The Kier molecular flexibility index (Phi) is 2.98. The molecule has 1 N–H and O–H groups in total. The molecule has 0 saturated heterocycles. The lowest BCUT2D eigenvalue weighted by Crippen LogP contribution is -2.12. The quantitative estimate of drug-likeness (QED) is 0.710. The Morgan fingerprint density at radius 1 is 1.55 bits per heavy atom. The molecule has 0 atom stereocenters. The van der Waals surface area contributed by atoms with Crippen LogP contribution in [0.5, 0.6) is 0 Å². The zero-order chi connectivity index (χ0) is 8.10. The number of hydrogen-bond acceptors (Lipinski definition) is 2. The fourth-order valence-electron chi connectivity index (χ4n) is 0.764. The Morgan fingerprint density at radius 2 is 2.36 bits per heavy atom. The van der Waals surface area contributed by atoms with Crippen LogP contribution in [0.3, 0.4) is 0 Å². The van der Waals surface area contributed by atoms with Gasteiger partial charge in [-0.25, -0.2) is 4.39 Å². The van der Waals surface area contributed by atoms with E-state index in [1.54, 1.807) is 6.07 Å². The Hall–Kier alpha value is -0.960. The van der Waals surface area contributed by atoms with Gasteiger partial charge in [-0.15, -0.1) is 0 Å². The Morgan fingerprint density at radius 3 is 2.91 bits per heavy atom. The van der Waals surface area contributed by atoms with Crippen molar-refractivity contribution in [2.75, 3.05) is 6.54 Å². The molecule has 0 aromatic carbocycles. The largest absolute Gasteiger partial charge is 0.311 e. The molecule has 0 aliphatic heterocycles. The van der Waals surface area contributed by atoms with Crippen LogP contribution in [0.15, 0.2) is 18.3 Å². The van der Waals surface area contributed by atoms with Crippen LogP contribution >= 0.6 is 0 Å². The summed E-state index contributed by atoms with van der Waals surface area (Å²) in [5.41, 5.74) is 0.869. The molecule has 0 bridgehead atoms. The second-order valence-corrected chi connectivity index (χ2v) is 2.25. The van der Waals surface area contributed by atoms with E-state index in [9.17, 15) is 4.39 Å². The molecule has 1 rings (SSSR count). The number of aromatic nitrogens is 1. The summed E-state index contributed by atoms with van der Waals surface area (Å²) in [5.74, 6) is -0.287. The van der Waals surface area contributed by atoms with Crippen LogP contribution in [0.4, 0.5) is 4.39 Å². The number of nitrogens with zero attached hydrogens (tertiary/aromatic N) is 1. The molecule has 60 valence electrons. The van der Waals surface area contributed by atoms with Gasteiger partial charge in [0.15, 0.2) is 0 Å². The number of nitrogens with one attached hydrogen (secondary N) is 1. The molecule has 1 aromatic rings. The third-order valence-electron chi connectivity index (χ3n) is 1.34. The highest BCUT2D eigenvalue weighted by Gasteiger charge is 1.92. The Bertz CT molecular complexity index is 208. The van der Waals surface area contributed by atoms with Gasteiger partial charge in [0, 0.05) is 6.54 Å². The number of rotatable bonds is 3. The van der Waals surface area contributed by atoms with Crippen molar-refractivity contribution in [3.05, 3.63) is 29.8 Å². The smallest absolute Gasteiger partial charge is 0.141 e. The lowest BCUT2D eigenvalue weighted by molar-refractivity contribution is 0.615. The Balaban J connectivity index is 2.52. The maximum absolute atomic E-state index is 12.3. The monoisotopic (exact) mass is 154 g/mol. The lowest BCUT2D eigenvalue weighted by Gasteiger charge is -1.99. The van der Waals surface area contributed by atoms with Crippen LogP contribution in [0.2, 0.25) is 0 Å². The van der Waals surface area contributed by atoms with Crippen molar-refractivity contribution in [3.63, 3.8) is 0 Å². The van der Waals surface area contributed by atoms with Crippen molar-refractivity contribution in [3.8, 4) is 0 Å². The van der Waals surface area contributed by atoms with Gasteiger partial charge in [-0.1, -0.05) is 6.92 Å². The first-order valence-corrected chi connectivity index (χ1v) is 3.64.